The Morgan fingerprint density at radius 3 is 2.94 bits per heavy atom. The SMILES string of the molecule is C[C@H]1CCCC[C@H]1Oc1cncc(C#N)c1. The van der Waals surface area contributed by atoms with Gasteiger partial charge in [0.25, 0.3) is 0 Å². The van der Waals surface area contributed by atoms with Crippen molar-refractivity contribution in [3.8, 4) is 11.8 Å². The molecule has 1 saturated carbocycles. The molecule has 0 N–H and O–H groups in total. The van der Waals surface area contributed by atoms with E-state index in [1.54, 1.807) is 18.5 Å². The Morgan fingerprint density at radius 1 is 1.38 bits per heavy atom. The Balaban J connectivity index is 2.05. The van der Waals surface area contributed by atoms with E-state index >= 15 is 0 Å². The molecule has 84 valence electrons. The van der Waals surface area contributed by atoms with E-state index in [9.17, 15) is 0 Å². The van der Waals surface area contributed by atoms with Crippen molar-refractivity contribution in [2.45, 2.75) is 38.7 Å². The van der Waals surface area contributed by atoms with Crippen molar-refractivity contribution in [2.75, 3.05) is 0 Å². The first-order valence-electron chi connectivity index (χ1n) is 5.81. The quantitative estimate of drug-likeness (QED) is 0.763. The van der Waals surface area contributed by atoms with Gasteiger partial charge in [0.15, 0.2) is 0 Å². The molecule has 0 radical (unpaired) electrons. The Bertz CT molecular complexity index is 397. The largest absolute Gasteiger partial charge is 0.488 e. The van der Waals surface area contributed by atoms with E-state index in [0.717, 1.165) is 12.2 Å². The molecule has 1 aliphatic rings. The Morgan fingerprint density at radius 2 is 2.19 bits per heavy atom. The number of hydrogen-bond donors (Lipinski definition) is 0. The van der Waals surface area contributed by atoms with Crippen LogP contribution in [0.5, 0.6) is 5.75 Å². The lowest BCUT2D eigenvalue weighted by molar-refractivity contribution is 0.102. The molecule has 1 aliphatic carbocycles. The monoisotopic (exact) mass is 216 g/mol. The van der Waals surface area contributed by atoms with E-state index < -0.39 is 0 Å². The molecule has 3 nitrogen and oxygen atoms in total. The van der Waals surface area contributed by atoms with Crippen LogP contribution in [0.3, 0.4) is 0 Å². The summed E-state index contributed by atoms with van der Waals surface area (Å²) in [6, 6.07) is 3.83. The minimum absolute atomic E-state index is 0.282. The molecule has 1 aromatic heterocycles. The zero-order valence-corrected chi connectivity index (χ0v) is 9.52. The summed E-state index contributed by atoms with van der Waals surface area (Å²) < 4.78 is 5.90. The average molecular weight is 216 g/mol. The van der Waals surface area contributed by atoms with E-state index in [4.69, 9.17) is 10.00 Å². The second kappa shape index (κ2) is 4.98. The van der Waals surface area contributed by atoms with Crippen LogP contribution in [0.1, 0.15) is 38.2 Å². The van der Waals surface area contributed by atoms with Gasteiger partial charge in [0.2, 0.25) is 0 Å². The number of ether oxygens (including phenoxy) is 1. The summed E-state index contributed by atoms with van der Waals surface area (Å²) in [6.45, 7) is 2.23. The molecule has 1 heterocycles. The van der Waals surface area contributed by atoms with Gasteiger partial charge < -0.3 is 4.74 Å². The highest BCUT2D eigenvalue weighted by Gasteiger charge is 2.22. The lowest BCUT2D eigenvalue weighted by Gasteiger charge is -2.29. The van der Waals surface area contributed by atoms with Crippen LogP contribution >= 0.6 is 0 Å². The maximum Gasteiger partial charge on any atom is 0.139 e. The minimum Gasteiger partial charge on any atom is -0.488 e. The Hall–Kier alpha value is -1.56. The highest BCUT2D eigenvalue weighted by Crippen LogP contribution is 2.27. The molecular weight excluding hydrogens is 200 g/mol. The summed E-state index contributed by atoms with van der Waals surface area (Å²) in [7, 11) is 0. The van der Waals surface area contributed by atoms with Crippen molar-refractivity contribution in [1.29, 1.82) is 5.26 Å². The lowest BCUT2D eigenvalue weighted by atomic mass is 9.88. The van der Waals surface area contributed by atoms with Crippen molar-refractivity contribution < 1.29 is 4.74 Å². The summed E-state index contributed by atoms with van der Waals surface area (Å²) in [5.41, 5.74) is 0.556. The predicted octanol–water partition coefficient (Wildman–Crippen LogP) is 2.91. The number of rotatable bonds is 2. The summed E-state index contributed by atoms with van der Waals surface area (Å²) >= 11 is 0. The summed E-state index contributed by atoms with van der Waals surface area (Å²) in [5.74, 6) is 1.32. The molecule has 16 heavy (non-hydrogen) atoms. The molecule has 2 rings (SSSR count). The number of pyridine rings is 1. The number of nitriles is 1. The molecule has 0 amide bonds. The van der Waals surface area contributed by atoms with Gasteiger partial charge in [-0.2, -0.15) is 5.26 Å². The zero-order valence-electron chi connectivity index (χ0n) is 9.52. The molecule has 0 spiro atoms. The summed E-state index contributed by atoms with van der Waals surface area (Å²) in [6.07, 6.45) is 8.40. The Kier molecular flexibility index (Phi) is 3.40. The van der Waals surface area contributed by atoms with E-state index in [1.165, 1.54) is 19.3 Å². The van der Waals surface area contributed by atoms with Crippen molar-refractivity contribution in [3.63, 3.8) is 0 Å². The van der Waals surface area contributed by atoms with Gasteiger partial charge in [-0.05, 0) is 25.2 Å². The molecule has 2 atom stereocenters. The van der Waals surface area contributed by atoms with Crippen LogP contribution < -0.4 is 4.74 Å². The van der Waals surface area contributed by atoms with Crippen LogP contribution in [0.4, 0.5) is 0 Å². The molecule has 0 unspecified atom stereocenters. The third-order valence-electron chi connectivity index (χ3n) is 3.16. The van der Waals surface area contributed by atoms with Crippen LogP contribution in [0.2, 0.25) is 0 Å². The summed E-state index contributed by atoms with van der Waals surface area (Å²) in [5, 5.41) is 8.77. The van der Waals surface area contributed by atoms with Crippen molar-refractivity contribution >= 4 is 0 Å². The van der Waals surface area contributed by atoms with Gasteiger partial charge in [-0.1, -0.05) is 13.3 Å². The fourth-order valence-electron chi connectivity index (χ4n) is 2.18. The topological polar surface area (TPSA) is 45.9 Å². The van der Waals surface area contributed by atoms with E-state index in [2.05, 4.69) is 18.0 Å². The molecule has 0 aliphatic heterocycles. The van der Waals surface area contributed by atoms with Gasteiger partial charge in [-0.3, -0.25) is 4.98 Å². The highest BCUT2D eigenvalue weighted by molar-refractivity contribution is 5.32. The number of nitrogens with zero attached hydrogens (tertiary/aromatic N) is 2. The molecular formula is C13H16N2O. The average Bonchev–Trinajstić information content (AvgIpc) is 2.32. The zero-order chi connectivity index (χ0) is 11.4. The van der Waals surface area contributed by atoms with Crippen LogP contribution in [0, 0.1) is 17.2 Å². The molecule has 0 saturated heterocycles. The first-order chi connectivity index (χ1) is 7.79. The van der Waals surface area contributed by atoms with Gasteiger partial charge in [0.1, 0.15) is 17.9 Å². The molecule has 1 aromatic rings. The van der Waals surface area contributed by atoms with E-state index in [0.29, 0.717) is 11.5 Å². The number of hydrogen-bond acceptors (Lipinski definition) is 3. The van der Waals surface area contributed by atoms with Gasteiger partial charge in [0, 0.05) is 12.3 Å². The fraction of sp³-hybridized carbons (Fsp3) is 0.538. The third-order valence-corrected chi connectivity index (χ3v) is 3.16. The molecule has 0 bridgehead atoms. The number of aromatic nitrogens is 1. The smallest absolute Gasteiger partial charge is 0.139 e. The van der Waals surface area contributed by atoms with Crippen molar-refractivity contribution in [1.82, 2.24) is 4.98 Å². The van der Waals surface area contributed by atoms with E-state index in [1.807, 2.05) is 0 Å². The predicted molar refractivity (Wildman–Crippen MR) is 61.0 cm³/mol. The second-order valence-electron chi connectivity index (χ2n) is 4.44. The van der Waals surface area contributed by atoms with Crippen LogP contribution in [0.25, 0.3) is 0 Å². The first-order valence-corrected chi connectivity index (χ1v) is 5.81. The van der Waals surface area contributed by atoms with Crippen molar-refractivity contribution in [2.24, 2.45) is 5.92 Å². The maximum atomic E-state index is 8.77. The van der Waals surface area contributed by atoms with Gasteiger partial charge in [-0.25, -0.2) is 0 Å². The maximum absolute atomic E-state index is 8.77. The fourth-order valence-corrected chi connectivity index (χ4v) is 2.18. The van der Waals surface area contributed by atoms with Gasteiger partial charge in [0.05, 0.1) is 11.8 Å². The van der Waals surface area contributed by atoms with Gasteiger partial charge >= 0.3 is 0 Å². The lowest BCUT2D eigenvalue weighted by Crippen LogP contribution is -2.28. The van der Waals surface area contributed by atoms with E-state index in [-0.39, 0.29) is 6.10 Å². The normalized spacial score (nSPS) is 24.8. The van der Waals surface area contributed by atoms with Crippen LogP contribution in [-0.2, 0) is 0 Å². The molecule has 3 heteroatoms. The standard InChI is InChI=1S/C13H16N2O/c1-10-4-2-3-5-13(10)16-12-6-11(7-14)8-15-9-12/h6,8-10,13H,2-5H2,1H3/t10-,13+/m0/s1. The first kappa shape index (κ1) is 10.9. The second-order valence-corrected chi connectivity index (χ2v) is 4.44. The van der Waals surface area contributed by atoms with Crippen LogP contribution in [0.15, 0.2) is 18.5 Å². The summed E-state index contributed by atoms with van der Waals surface area (Å²) in [4.78, 5) is 4.00. The Labute approximate surface area is 96.1 Å². The minimum atomic E-state index is 0.282. The molecule has 0 aromatic carbocycles. The third kappa shape index (κ3) is 2.52. The molecule has 1 fully saturated rings. The van der Waals surface area contributed by atoms with Crippen LogP contribution in [-0.4, -0.2) is 11.1 Å². The van der Waals surface area contributed by atoms with Gasteiger partial charge in [-0.15, -0.1) is 0 Å². The highest BCUT2D eigenvalue weighted by atomic mass is 16.5. The van der Waals surface area contributed by atoms with Crippen molar-refractivity contribution in [3.05, 3.63) is 24.0 Å².